The van der Waals surface area contributed by atoms with Gasteiger partial charge in [0.05, 0.1) is 22.7 Å². The SMILES string of the molecule is CC1/C=C\C=C/Cc2cccc(N(c3ccc(C(C)C)cc3)c3cc4c5ccccc5c(N(c5ccc(C(C)C)cc5)c5cccc6c5oc5ccccc56)cc4c4ccccc34)c2O1. The lowest BCUT2D eigenvalue weighted by molar-refractivity contribution is 0.269. The van der Waals surface area contributed by atoms with E-state index in [1.807, 2.05) is 6.07 Å². The number of para-hydroxylation sites is 3. The van der Waals surface area contributed by atoms with Crippen molar-refractivity contribution in [2.75, 3.05) is 9.80 Å². The molecule has 0 amide bonds. The number of rotatable bonds is 8. The molecule has 0 aliphatic carbocycles. The van der Waals surface area contributed by atoms with Crippen LogP contribution in [-0.2, 0) is 6.42 Å². The van der Waals surface area contributed by atoms with Gasteiger partial charge in [-0.2, -0.15) is 0 Å². The third-order valence-electron chi connectivity index (χ3n) is 13.2. The van der Waals surface area contributed by atoms with Crippen LogP contribution in [0.1, 0.15) is 63.1 Å². The third kappa shape index (κ3) is 7.10. The molecule has 1 aliphatic rings. The molecule has 1 aliphatic heterocycles. The summed E-state index contributed by atoms with van der Waals surface area (Å²) in [5.74, 6) is 1.72. The van der Waals surface area contributed by atoms with Crippen molar-refractivity contribution in [3.8, 4) is 5.75 Å². The van der Waals surface area contributed by atoms with E-state index in [4.69, 9.17) is 9.15 Å². The van der Waals surface area contributed by atoms with Gasteiger partial charge in [-0.3, -0.25) is 0 Å². The molecule has 0 N–H and O–H groups in total. The Labute approximate surface area is 381 Å². The molecule has 10 aromatic rings. The van der Waals surface area contributed by atoms with Crippen LogP contribution in [0, 0.1) is 0 Å². The first-order valence-electron chi connectivity index (χ1n) is 23.0. The Morgan fingerprint density at radius 3 is 1.57 bits per heavy atom. The molecule has 0 bridgehead atoms. The maximum absolute atomic E-state index is 6.92. The molecular formula is C61H52N2O2. The second kappa shape index (κ2) is 16.5. The van der Waals surface area contributed by atoms with E-state index >= 15 is 0 Å². The van der Waals surface area contributed by atoms with Gasteiger partial charge in [0.15, 0.2) is 5.58 Å². The minimum absolute atomic E-state index is 0.117. The maximum atomic E-state index is 6.92. The molecule has 1 unspecified atom stereocenters. The molecule has 4 heteroatoms. The van der Waals surface area contributed by atoms with Crippen molar-refractivity contribution in [1.82, 2.24) is 0 Å². The first kappa shape index (κ1) is 40.2. The van der Waals surface area contributed by atoms with Crippen molar-refractivity contribution < 1.29 is 9.15 Å². The Morgan fingerprint density at radius 2 is 0.969 bits per heavy atom. The lowest BCUT2D eigenvalue weighted by atomic mass is 9.93. The van der Waals surface area contributed by atoms with Crippen molar-refractivity contribution >= 4 is 88.4 Å². The van der Waals surface area contributed by atoms with Gasteiger partial charge in [0, 0.05) is 38.5 Å². The molecule has 0 saturated heterocycles. The smallest absolute Gasteiger partial charge is 0.159 e. The van der Waals surface area contributed by atoms with Crippen molar-refractivity contribution in [2.45, 2.75) is 59.0 Å². The van der Waals surface area contributed by atoms with Crippen LogP contribution >= 0.6 is 0 Å². The largest absolute Gasteiger partial charge is 0.484 e. The number of hydrogen-bond donors (Lipinski definition) is 0. The summed E-state index contributed by atoms with van der Waals surface area (Å²) in [6, 6.07) is 62.2. The van der Waals surface area contributed by atoms with Gasteiger partial charge < -0.3 is 19.0 Å². The number of hydrogen-bond acceptors (Lipinski definition) is 4. The molecule has 2 heterocycles. The third-order valence-corrected chi connectivity index (χ3v) is 13.2. The van der Waals surface area contributed by atoms with Crippen LogP contribution in [-0.4, -0.2) is 6.10 Å². The lowest BCUT2D eigenvalue weighted by Crippen LogP contribution is -2.16. The first-order chi connectivity index (χ1) is 31.8. The highest BCUT2D eigenvalue weighted by atomic mass is 16.5. The fourth-order valence-corrected chi connectivity index (χ4v) is 9.79. The van der Waals surface area contributed by atoms with Gasteiger partial charge in [0.1, 0.15) is 17.4 Å². The quantitative estimate of drug-likeness (QED) is 0.143. The number of fused-ring (bicyclic) bond motifs is 9. The molecule has 11 rings (SSSR count). The van der Waals surface area contributed by atoms with Gasteiger partial charge in [0.2, 0.25) is 0 Å². The Hall–Kier alpha value is -7.56. The number of ether oxygens (including phenoxy) is 1. The molecule has 1 atom stereocenters. The first-order valence-corrected chi connectivity index (χ1v) is 23.0. The minimum atomic E-state index is -0.117. The normalized spacial score (nSPS) is 15.0. The topological polar surface area (TPSA) is 28.9 Å². The van der Waals surface area contributed by atoms with Crippen LogP contribution in [0.25, 0.3) is 54.3 Å². The summed E-state index contributed by atoms with van der Waals surface area (Å²) in [6.45, 7) is 11.1. The van der Waals surface area contributed by atoms with Crippen LogP contribution < -0.4 is 14.5 Å². The Kier molecular flexibility index (Phi) is 10.2. The van der Waals surface area contributed by atoms with Gasteiger partial charge in [-0.15, -0.1) is 0 Å². The molecule has 65 heavy (non-hydrogen) atoms. The van der Waals surface area contributed by atoms with E-state index in [1.165, 1.54) is 32.7 Å². The van der Waals surface area contributed by atoms with Crippen LogP contribution in [0.2, 0.25) is 0 Å². The Bertz CT molecular complexity index is 3460. The minimum Gasteiger partial charge on any atom is -0.484 e. The van der Waals surface area contributed by atoms with E-state index in [9.17, 15) is 0 Å². The monoisotopic (exact) mass is 844 g/mol. The number of allylic oxidation sites excluding steroid dienone is 3. The molecule has 9 aromatic carbocycles. The highest BCUT2D eigenvalue weighted by molar-refractivity contribution is 6.25. The molecule has 4 nitrogen and oxygen atoms in total. The van der Waals surface area contributed by atoms with Crippen molar-refractivity contribution in [1.29, 1.82) is 0 Å². The summed E-state index contributed by atoms with van der Waals surface area (Å²) < 4.78 is 13.7. The van der Waals surface area contributed by atoms with Gasteiger partial charge in [-0.05, 0) is 119 Å². The van der Waals surface area contributed by atoms with E-state index < -0.39 is 0 Å². The number of anilines is 6. The lowest BCUT2D eigenvalue weighted by Gasteiger charge is -2.31. The summed E-state index contributed by atoms with van der Waals surface area (Å²) in [5.41, 5.74) is 11.8. The fraction of sp³-hybridized carbons (Fsp3) is 0.148. The van der Waals surface area contributed by atoms with Gasteiger partial charge in [0.25, 0.3) is 0 Å². The standard InChI is InChI=1S/C61H52N2O2/c1-39(2)42-29-33-45(34-30-42)62(55-26-15-19-44-18-8-6-7-17-41(5)64-60(44)55)57-37-53-48-21-10-12-23-50(48)58(38-54(53)47-20-9-11-22-49(47)57)63(46-35-31-43(32-36-46)40(3)4)56-27-16-25-52-51-24-13-14-28-59(51)65-61(52)56/h6-17,19-41H,18H2,1-5H3/b8-6-,17-7-. The van der Waals surface area contributed by atoms with E-state index in [-0.39, 0.29) is 6.10 Å². The summed E-state index contributed by atoms with van der Waals surface area (Å²) in [7, 11) is 0. The number of furan rings is 1. The average molecular weight is 845 g/mol. The predicted molar refractivity (Wildman–Crippen MR) is 276 cm³/mol. The average Bonchev–Trinajstić information content (AvgIpc) is 3.76. The molecular weight excluding hydrogens is 793 g/mol. The van der Waals surface area contributed by atoms with Crippen LogP contribution in [0.15, 0.2) is 199 Å². The second-order valence-electron chi connectivity index (χ2n) is 18.0. The molecule has 1 aromatic heterocycles. The summed E-state index contributed by atoms with van der Waals surface area (Å²) in [6.07, 6.45) is 9.20. The maximum Gasteiger partial charge on any atom is 0.159 e. The van der Waals surface area contributed by atoms with Crippen molar-refractivity contribution in [3.05, 3.63) is 211 Å². The zero-order valence-corrected chi connectivity index (χ0v) is 37.6. The number of nitrogens with zero attached hydrogens (tertiary/aromatic N) is 2. The Balaban J connectivity index is 1.21. The molecule has 0 radical (unpaired) electrons. The zero-order chi connectivity index (χ0) is 44.2. The van der Waals surface area contributed by atoms with Crippen LogP contribution in [0.4, 0.5) is 34.1 Å². The van der Waals surface area contributed by atoms with E-state index in [2.05, 4.69) is 233 Å². The summed E-state index contributed by atoms with van der Waals surface area (Å²) in [5, 5.41) is 9.19. The molecule has 0 saturated carbocycles. The van der Waals surface area contributed by atoms with Crippen molar-refractivity contribution in [3.63, 3.8) is 0 Å². The van der Waals surface area contributed by atoms with Gasteiger partial charge >= 0.3 is 0 Å². The highest BCUT2D eigenvalue weighted by Gasteiger charge is 2.26. The van der Waals surface area contributed by atoms with Crippen LogP contribution in [0.3, 0.4) is 0 Å². The molecule has 0 fully saturated rings. The Morgan fingerprint density at radius 1 is 0.462 bits per heavy atom. The van der Waals surface area contributed by atoms with Gasteiger partial charge in [-0.25, -0.2) is 0 Å². The van der Waals surface area contributed by atoms with E-state index in [1.54, 1.807) is 0 Å². The second-order valence-corrected chi connectivity index (χ2v) is 18.0. The number of benzene rings is 9. The fourth-order valence-electron chi connectivity index (χ4n) is 9.79. The summed E-state index contributed by atoms with van der Waals surface area (Å²) >= 11 is 0. The van der Waals surface area contributed by atoms with E-state index in [0.29, 0.717) is 11.8 Å². The molecule has 0 spiro atoms. The highest BCUT2D eigenvalue weighted by Crippen LogP contribution is 2.51. The predicted octanol–water partition coefficient (Wildman–Crippen LogP) is 17.7. The van der Waals surface area contributed by atoms with Gasteiger partial charge in [-0.1, -0.05) is 161 Å². The zero-order valence-electron chi connectivity index (χ0n) is 37.6. The van der Waals surface area contributed by atoms with Crippen molar-refractivity contribution in [2.24, 2.45) is 0 Å². The van der Waals surface area contributed by atoms with E-state index in [0.717, 1.165) is 84.6 Å². The molecule has 318 valence electrons. The summed E-state index contributed by atoms with van der Waals surface area (Å²) in [4.78, 5) is 4.84. The van der Waals surface area contributed by atoms with Crippen LogP contribution in [0.5, 0.6) is 5.75 Å².